The normalized spacial score (nSPS) is 11.6. The number of hydrogen-bond donors (Lipinski definition) is 2. The first-order valence-electron chi connectivity index (χ1n) is 11.0. The van der Waals surface area contributed by atoms with Crippen LogP contribution in [0.1, 0.15) is 0 Å². The third-order valence-corrected chi connectivity index (χ3v) is 6.95. The number of halogens is 3. The lowest BCUT2D eigenvalue weighted by molar-refractivity contribution is 0.0899. The van der Waals surface area contributed by atoms with E-state index in [1.807, 2.05) is 0 Å². The van der Waals surface area contributed by atoms with Gasteiger partial charge in [0, 0.05) is 58.5 Å². The topological polar surface area (TPSA) is 86.6 Å². The van der Waals surface area contributed by atoms with Crippen LogP contribution < -0.4 is 15.4 Å². The summed E-state index contributed by atoms with van der Waals surface area (Å²) in [7, 11) is 0.264. The molecule has 0 atom stereocenters. The molecule has 0 aliphatic heterocycles. The summed E-state index contributed by atoms with van der Waals surface area (Å²) in [5, 5.41) is 5.57. The van der Waals surface area contributed by atoms with E-state index >= 15 is 0 Å². The average molecular weight is 527 g/mol. The van der Waals surface area contributed by atoms with Crippen LogP contribution in [0.25, 0.3) is 11.0 Å². The average Bonchev–Trinajstić information content (AvgIpc) is 3.10. The third-order valence-electron chi connectivity index (χ3n) is 4.96. The Morgan fingerprint density at radius 2 is 1.91 bits per heavy atom. The summed E-state index contributed by atoms with van der Waals surface area (Å²) in [6, 6.07) is 3.79. The maximum absolute atomic E-state index is 14.7. The molecular weight excluding hydrogens is 498 g/mol. The summed E-state index contributed by atoms with van der Waals surface area (Å²) in [6.07, 6.45) is 3.10. The molecule has 2 amide bonds. The van der Waals surface area contributed by atoms with Gasteiger partial charge < -0.3 is 29.4 Å². The molecule has 0 aliphatic carbocycles. The number of hydrogen-bond acceptors (Lipinski definition) is 5. The second-order valence-corrected chi connectivity index (χ2v) is 15.1. The van der Waals surface area contributed by atoms with Gasteiger partial charge in [0.2, 0.25) is 0 Å². The Balaban J connectivity index is 1.77. The molecule has 8 nitrogen and oxygen atoms in total. The van der Waals surface area contributed by atoms with Gasteiger partial charge in [-0.3, -0.25) is 0 Å². The Hall–Kier alpha value is -2.73. The van der Waals surface area contributed by atoms with Crippen molar-refractivity contribution in [2.45, 2.75) is 32.4 Å². The van der Waals surface area contributed by atoms with E-state index in [0.717, 1.165) is 18.2 Å². The summed E-state index contributed by atoms with van der Waals surface area (Å²) in [6.45, 7) is 8.20. The highest BCUT2D eigenvalue weighted by Gasteiger charge is 2.19. The predicted molar refractivity (Wildman–Crippen MR) is 134 cm³/mol. The number of carbonyl (C=O) groups is 1. The minimum atomic E-state index is -1.23. The fourth-order valence-corrected chi connectivity index (χ4v) is 4.20. The van der Waals surface area contributed by atoms with Crippen molar-refractivity contribution in [2.24, 2.45) is 0 Å². The number of methoxy groups -OCH3 is 1. The Kier molecular flexibility index (Phi) is 9.06. The zero-order chi connectivity index (χ0) is 25.6. The van der Waals surface area contributed by atoms with Crippen molar-refractivity contribution in [1.82, 2.24) is 14.9 Å². The number of nitrogens with one attached hydrogen (secondary N) is 2. The summed E-state index contributed by atoms with van der Waals surface area (Å²) in [5.74, 6) is -2.48. The standard InChI is InChI=1S/C23H29ClF2N4O4Si/c1-32-8-7-28-23(31)29-15-11-17(25)21(18(26)12-15)34-19-5-6-27-22-20(19)16(24)13-30(22)14-33-9-10-35(2,3)4/h5-6,11-13H,7-10,14H2,1-4H3,(H2,28,29,31). The maximum atomic E-state index is 14.7. The summed E-state index contributed by atoms with van der Waals surface area (Å²) < 4.78 is 47.4. The molecule has 35 heavy (non-hydrogen) atoms. The lowest BCUT2D eigenvalue weighted by Crippen LogP contribution is -2.31. The number of ether oxygens (including phenoxy) is 3. The molecule has 0 bridgehead atoms. The molecule has 3 rings (SSSR count). The largest absolute Gasteiger partial charge is 0.450 e. The first-order chi connectivity index (χ1) is 16.6. The molecule has 0 saturated carbocycles. The fourth-order valence-electron chi connectivity index (χ4n) is 3.14. The van der Waals surface area contributed by atoms with Gasteiger partial charge in [-0.1, -0.05) is 31.2 Å². The van der Waals surface area contributed by atoms with Crippen LogP contribution in [0, 0.1) is 11.6 Å². The molecule has 0 saturated heterocycles. The number of amides is 2. The molecule has 2 heterocycles. The number of anilines is 1. The fraction of sp³-hybridized carbons (Fsp3) is 0.391. The van der Waals surface area contributed by atoms with Crippen molar-refractivity contribution < 1.29 is 27.8 Å². The quantitative estimate of drug-likeness (QED) is 0.242. The van der Waals surface area contributed by atoms with Gasteiger partial charge in [-0.15, -0.1) is 0 Å². The number of carbonyl (C=O) groups excluding carboxylic acids is 1. The van der Waals surface area contributed by atoms with E-state index in [4.69, 9.17) is 25.8 Å². The van der Waals surface area contributed by atoms with Crippen LogP contribution in [0.15, 0.2) is 30.6 Å². The monoisotopic (exact) mass is 526 g/mol. The number of benzene rings is 1. The molecular formula is C23H29ClF2N4O4Si. The smallest absolute Gasteiger partial charge is 0.319 e. The molecule has 190 valence electrons. The van der Waals surface area contributed by atoms with E-state index in [1.165, 1.54) is 19.4 Å². The van der Waals surface area contributed by atoms with Crippen molar-refractivity contribution in [1.29, 1.82) is 0 Å². The molecule has 3 aromatic rings. The van der Waals surface area contributed by atoms with Gasteiger partial charge in [0.1, 0.15) is 18.1 Å². The number of rotatable bonds is 11. The molecule has 0 unspecified atom stereocenters. The molecule has 1 aromatic carbocycles. The van der Waals surface area contributed by atoms with E-state index in [-0.39, 0.29) is 24.7 Å². The van der Waals surface area contributed by atoms with Crippen molar-refractivity contribution in [3.8, 4) is 11.5 Å². The second kappa shape index (κ2) is 11.8. The predicted octanol–water partition coefficient (Wildman–Crippen LogP) is 5.84. The Morgan fingerprint density at radius 3 is 2.57 bits per heavy atom. The Bertz CT molecular complexity index is 1160. The van der Waals surface area contributed by atoms with Crippen LogP contribution in [-0.4, -0.2) is 50.5 Å². The van der Waals surface area contributed by atoms with E-state index in [9.17, 15) is 13.6 Å². The first-order valence-corrected chi connectivity index (χ1v) is 15.1. The molecule has 0 aliphatic rings. The number of pyridine rings is 1. The molecule has 2 N–H and O–H groups in total. The molecule has 0 fully saturated rings. The van der Waals surface area contributed by atoms with E-state index < -0.39 is 31.5 Å². The SMILES string of the molecule is COCCNC(=O)Nc1cc(F)c(Oc2ccnc3c2c(Cl)cn3COCC[Si](C)(C)C)c(F)c1. The van der Waals surface area contributed by atoms with Gasteiger partial charge in [0.15, 0.2) is 17.4 Å². The number of aromatic nitrogens is 2. The van der Waals surface area contributed by atoms with Gasteiger partial charge in [0.25, 0.3) is 0 Å². The first kappa shape index (κ1) is 26.9. The highest BCUT2D eigenvalue weighted by Crippen LogP contribution is 2.37. The van der Waals surface area contributed by atoms with Gasteiger partial charge in [-0.25, -0.2) is 18.6 Å². The van der Waals surface area contributed by atoms with E-state index in [0.29, 0.717) is 29.3 Å². The van der Waals surface area contributed by atoms with Crippen LogP contribution >= 0.6 is 11.6 Å². The summed E-state index contributed by atoms with van der Waals surface area (Å²) in [4.78, 5) is 16.2. The van der Waals surface area contributed by atoms with Gasteiger partial charge >= 0.3 is 6.03 Å². The minimum absolute atomic E-state index is 0.0678. The van der Waals surface area contributed by atoms with E-state index in [1.54, 1.807) is 10.8 Å². The Labute approximate surface area is 208 Å². The van der Waals surface area contributed by atoms with E-state index in [2.05, 4.69) is 35.3 Å². The van der Waals surface area contributed by atoms with Crippen LogP contribution in [0.2, 0.25) is 30.7 Å². The second-order valence-electron chi connectivity index (χ2n) is 9.05. The zero-order valence-electron chi connectivity index (χ0n) is 20.1. The van der Waals surface area contributed by atoms with Crippen molar-refractivity contribution in [2.75, 3.05) is 32.2 Å². The highest BCUT2D eigenvalue weighted by molar-refractivity contribution is 6.76. The summed E-state index contributed by atoms with van der Waals surface area (Å²) >= 11 is 6.41. The zero-order valence-corrected chi connectivity index (χ0v) is 21.8. The van der Waals surface area contributed by atoms with Crippen LogP contribution in [0.4, 0.5) is 19.3 Å². The van der Waals surface area contributed by atoms with Crippen LogP contribution in [0.3, 0.4) is 0 Å². The minimum Gasteiger partial charge on any atom is -0.450 e. The molecule has 12 heteroatoms. The van der Waals surface area contributed by atoms with Crippen LogP contribution in [-0.2, 0) is 16.2 Å². The number of urea groups is 1. The van der Waals surface area contributed by atoms with Gasteiger partial charge in [-0.2, -0.15) is 0 Å². The lowest BCUT2D eigenvalue weighted by atomic mass is 10.2. The Morgan fingerprint density at radius 1 is 1.20 bits per heavy atom. The lowest BCUT2D eigenvalue weighted by Gasteiger charge is -2.15. The third kappa shape index (κ3) is 7.37. The maximum Gasteiger partial charge on any atom is 0.319 e. The molecule has 0 spiro atoms. The number of fused-ring (bicyclic) bond motifs is 1. The molecule has 2 aromatic heterocycles. The van der Waals surface area contributed by atoms with Gasteiger partial charge in [0.05, 0.1) is 17.0 Å². The van der Waals surface area contributed by atoms with Crippen molar-refractivity contribution >= 4 is 42.4 Å². The van der Waals surface area contributed by atoms with Gasteiger partial charge in [-0.05, 0) is 12.1 Å². The highest BCUT2D eigenvalue weighted by atomic mass is 35.5. The molecule has 0 radical (unpaired) electrons. The van der Waals surface area contributed by atoms with Crippen LogP contribution in [0.5, 0.6) is 11.5 Å². The number of nitrogens with zero attached hydrogens (tertiary/aromatic N) is 2. The van der Waals surface area contributed by atoms with Crippen molar-refractivity contribution in [3.63, 3.8) is 0 Å². The summed E-state index contributed by atoms with van der Waals surface area (Å²) in [5.41, 5.74) is 0.397. The van der Waals surface area contributed by atoms with Crippen molar-refractivity contribution in [3.05, 3.63) is 47.2 Å².